The fourth-order valence-electron chi connectivity index (χ4n) is 1.80. The first-order valence-electron chi connectivity index (χ1n) is 6.14. The van der Waals surface area contributed by atoms with Crippen molar-refractivity contribution >= 4 is 21.6 Å². The summed E-state index contributed by atoms with van der Waals surface area (Å²) in [6.45, 7) is 7.43. The van der Waals surface area contributed by atoms with Crippen molar-refractivity contribution in [3.05, 3.63) is 28.2 Å². The lowest BCUT2D eigenvalue weighted by atomic mass is 9.97. The van der Waals surface area contributed by atoms with Crippen molar-refractivity contribution in [2.45, 2.75) is 39.2 Å². The molecule has 3 heteroatoms. The molecule has 1 aromatic rings. The average molecular weight is 299 g/mol. The van der Waals surface area contributed by atoms with Crippen molar-refractivity contribution in [2.24, 2.45) is 5.73 Å². The fourth-order valence-corrected chi connectivity index (χ4v) is 2.21. The SMILES string of the molecule is CCC(C)(C)N(C)c1ccc(Br)cc1CCN. The van der Waals surface area contributed by atoms with Gasteiger partial charge in [0.05, 0.1) is 0 Å². The molecule has 0 radical (unpaired) electrons. The van der Waals surface area contributed by atoms with Gasteiger partial charge in [0.1, 0.15) is 0 Å². The van der Waals surface area contributed by atoms with Crippen molar-refractivity contribution in [3.8, 4) is 0 Å². The van der Waals surface area contributed by atoms with Crippen molar-refractivity contribution in [2.75, 3.05) is 18.5 Å². The van der Waals surface area contributed by atoms with Crippen LogP contribution in [-0.4, -0.2) is 19.1 Å². The molecular weight excluding hydrogens is 276 g/mol. The van der Waals surface area contributed by atoms with Gasteiger partial charge >= 0.3 is 0 Å². The molecule has 96 valence electrons. The summed E-state index contributed by atoms with van der Waals surface area (Å²) in [4.78, 5) is 2.35. The molecule has 0 spiro atoms. The van der Waals surface area contributed by atoms with Gasteiger partial charge in [-0.05, 0) is 57.0 Å². The molecule has 2 nitrogen and oxygen atoms in total. The van der Waals surface area contributed by atoms with Crippen LogP contribution in [0.2, 0.25) is 0 Å². The second-order valence-corrected chi connectivity index (χ2v) is 5.95. The Bertz CT molecular complexity index is 374. The van der Waals surface area contributed by atoms with Gasteiger partial charge in [-0.2, -0.15) is 0 Å². The summed E-state index contributed by atoms with van der Waals surface area (Å²) >= 11 is 3.52. The zero-order chi connectivity index (χ0) is 13.1. The molecule has 2 N–H and O–H groups in total. The van der Waals surface area contributed by atoms with Crippen LogP contribution in [0, 0.1) is 0 Å². The molecular formula is C14H23BrN2. The predicted octanol–water partition coefficient (Wildman–Crippen LogP) is 3.58. The predicted molar refractivity (Wildman–Crippen MR) is 79.7 cm³/mol. The van der Waals surface area contributed by atoms with E-state index in [9.17, 15) is 0 Å². The fraction of sp³-hybridized carbons (Fsp3) is 0.571. The van der Waals surface area contributed by atoms with Gasteiger partial charge in [-0.25, -0.2) is 0 Å². The van der Waals surface area contributed by atoms with E-state index in [2.05, 4.69) is 66.8 Å². The maximum Gasteiger partial charge on any atom is 0.0401 e. The van der Waals surface area contributed by atoms with Gasteiger partial charge in [0.25, 0.3) is 0 Å². The third kappa shape index (κ3) is 3.46. The van der Waals surface area contributed by atoms with E-state index >= 15 is 0 Å². The average Bonchev–Trinajstić information content (AvgIpc) is 2.29. The standard InChI is InChI=1S/C14H23BrN2/c1-5-14(2,3)17(4)13-7-6-12(15)10-11(13)8-9-16/h6-7,10H,5,8-9,16H2,1-4H3. The lowest BCUT2D eigenvalue weighted by Gasteiger charge is -2.38. The Morgan fingerprint density at radius 1 is 1.35 bits per heavy atom. The van der Waals surface area contributed by atoms with Gasteiger partial charge in [-0.1, -0.05) is 22.9 Å². The Kier molecular flexibility index (Phi) is 5.02. The summed E-state index contributed by atoms with van der Waals surface area (Å²) < 4.78 is 1.12. The van der Waals surface area contributed by atoms with Gasteiger partial charge in [0.15, 0.2) is 0 Å². The molecule has 0 bridgehead atoms. The van der Waals surface area contributed by atoms with Crippen LogP contribution in [0.15, 0.2) is 22.7 Å². The highest BCUT2D eigenvalue weighted by atomic mass is 79.9. The summed E-state index contributed by atoms with van der Waals surface area (Å²) in [7, 11) is 2.16. The van der Waals surface area contributed by atoms with Crippen molar-refractivity contribution in [1.29, 1.82) is 0 Å². The van der Waals surface area contributed by atoms with Crippen LogP contribution in [0.25, 0.3) is 0 Å². The highest BCUT2D eigenvalue weighted by Crippen LogP contribution is 2.30. The van der Waals surface area contributed by atoms with Crippen LogP contribution in [-0.2, 0) is 6.42 Å². The molecule has 0 unspecified atom stereocenters. The van der Waals surface area contributed by atoms with Crippen molar-refractivity contribution in [3.63, 3.8) is 0 Å². The number of halogens is 1. The monoisotopic (exact) mass is 298 g/mol. The van der Waals surface area contributed by atoms with Crippen LogP contribution in [0.5, 0.6) is 0 Å². The number of nitrogens with two attached hydrogens (primary N) is 1. The van der Waals surface area contributed by atoms with Crippen molar-refractivity contribution < 1.29 is 0 Å². The van der Waals surface area contributed by atoms with Crippen LogP contribution in [0.3, 0.4) is 0 Å². The van der Waals surface area contributed by atoms with Crippen LogP contribution in [0.1, 0.15) is 32.8 Å². The van der Waals surface area contributed by atoms with E-state index in [4.69, 9.17) is 5.73 Å². The molecule has 0 aromatic heterocycles. The Hall–Kier alpha value is -0.540. The van der Waals surface area contributed by atoms with E-state index in [0.29, 0.717) is 6.54 Å². The molecule has 0 saturated heterocycles. The zero-order valence-corrected chi connectivity index (χ0v) is 12.8. The van der Waals surface area contributed by atoms with E-state index in [0.717, 1.165) is 17.3 Å². The van der Waals surface area contributed by atoms with E-state index in [1.54, 1.807) is 0 Å². The topological polar surface area (TPSA) is 29.3 Å². The second-order valence-electron chi connectivity index (χ2n) is 5.04. The number of rotatable bonds is 5. The van der Waals surface area contributed by atoms with E-state index in [1.165, 1.54) is 11.3 Å². The largest absolute Gasteiger partial charge is 0.369 e. The number of nitrogens with zero attached hydrogens (tertiary/aromatic N) is 1. The van der Waals surface area contributed by atoms with Crippen LogP contribution < -0.4 is 10.6 Å². The number of hydrogen-bond donors (Lipinski definition) is 1. The molecule has 1 aromatic carbocycles. The van der Waals surface area contributed by atoms with Crippen LogP contribution >= 0.6 is 15.9 Å². The Labute approximate surface area is 113 Å². The highest BCUT2D eigenvalue weighted by molar-refractivity contribution is 9.10. The highest BCUT2D eigenvalue weighted by Gasteiger charge is 2.23. The molecule has 0 amide bonds. The third-order valence-electron chi connectivity index (χ3n) is 3.59. The van der Waals surface area contributed by atoms with Gasteiger partial charge in [-0.15, -0.1) is 0 Å². The quantitative estimate of drug-likeness (QED) is 0.900. The lowest BCUT2D eigenvalue weighted by molar-refractivity contribution is 0.469. The van der Waals surface area contributed by atoms with Crippen molar-refractivity contribution in [1.82, 2.24) is 0 Å². The summed E-state index contributed by atoms with van der Waals surface area (Å²) in [6.07, 6.45) is 2.03. The molecule has 0 aliphatic carbocycles. The van der Waals surface area contributed by atoms with Gasteiger partial charge < -0.3 is 10.6 Å². The molecule has 0 saturated carbocycles. The molecule has 0 aliphatic rings. The van der Waals surface area contributed by atoms with Gasteiger partial charge in [-0.3, -0.25) is 0 Å². The Balaban J connectivity index is 3.12. The minimum atomic E-state index is 0.164. The van der Waals surface area contributed by atoms with Crippen LogP contribution in [0.4, 0.5) is 5.69 Å². The zero-order valence-electron chi connectivity index (χ0n) is 11.3. The summed E-state index contributed by atoms with van der Waals surface area (Å²) in [5, 5.41) is 0. The molecule has 0 heterocycles. The molecule has 1 rings (SSSR count). The molecule has 17 heavy (non-hydrogen) atoms. The first kappa shape index (κ1) is 14.5. The number of hydrogen-bond acceptors (Lipinski definition) is 2. The molecule has 0 fully saturated rings. The van der Waals surface area contributed by atoms with Gasteiger partial charge in [0.2, 0.25) is 0 Å². The maximum absolute atomic E-state index is 5.69. The smallest absolute Gasteiger partial charge is 0.0401 e. The summed E-state index contributed by atoms with van der Waals surface area (Å²) in [5.74, 6) is 0. The van der Waals surface area contributed by atoms with E-state index in [-0.39, 0.29) is 5.54 Å². The number of anilines is 1. The number of benzene rings is 1. The van der Waals surface area contributed by atoms with E-state index < -0.39 is 0 Å². The summed E-state index contributed by atoms with van der Waals surface area (Å²) in [6, 6.07) is 6.44. The third-order valence-corrected chi connectivity index (χ3v) is 4.08. The minimum Gasteiger partial charge on any atom is -0.369 e. The van der Waals surface area contributed by atoms with Gasteiger partial charge in [0, 0.05) is 22.7 Å². The molecule has 0 atom stereocenters. The second kappa shape index (κ2) is 5.87. The summed E-state index contributed by atoms with van der Waals surface area (Å²) in [5.41, 5.74) is 8.45. The lowest BCUT2D eigenvalue weighted by Crippen LogP contribution is -2.41. The maximum atomic E-state index is 5.69. The minimum absolute atomic E-state index is 0.164. The first-order valence-corrected chi connectivity index (χ1v) is 6.94. The normalized spacial score (nSPS) is 11.6. The first-order chi connectivity index (χ1) is 7.92. The Morgan fingerprint density at radius 3 is 2.53 bits per heavy atom. The van der Waals surface area contributed by atoms with E-state index in [1.807, 2.05) is 0 Å². The Morgan fingerprint density at radius 2 is 2.00 bits per heavy atom. The molecule has 0 aliphatic heterocycles.